The Hall–Kier alpha value is -1.69. The van der Waals surface area contributed by atoms with Gasteiger partial charge in [-0.2, -0.15) is 0 Å². The number of carbonyl (C=O) groups excluding carboxylic acids is 1. The van der Waals surface area contributed by atoms with Crippen LogP contribution in [-0.2, 0) is 24.2 Å². The van der Waals surface area contributed by atoms with Gasteiger partial charge in [-0.1, -0.05) is 13.8 Å². The molecule has 2 aromatic rings. The molecular weight excluding hydrogens is 346 g/mol. The lowest BCUT2D eigenvalue weighted by molar-refractivity contribution is -0.132. The molecule has 1 fully saturated rings. The van der Waals surface area contributed by atoms with Crippen molar-refractivity contribution < 1.29 is 4.79 Å². The molecule has 0 aromatic carbocycles. The molecule has 1 saturated carbocycles. The van der Waals surface area contributed by atoms with Gasteiger partial charge in [0.2, 0.25) is 5.91 Å². The summed E-state index contributed by atoms with van der Waals surface area (Å²) in [6.45, 7) is 5.52. The Morgan fingerprint density at radius 3 is 2.85 bits per heavy atom. The van der Waals surface area contributed by atoms with Gasteiger partial charge in [-0.25, -0.2) is 4.98 Å². The quantitative estimate of drug-likeness (QED) is 0.780. The summed E-state index contributed by atoms with van der Waals surface area (Å²) in [5.74, 6) is 0.637. The number of carbonyl (C=O) groups is 1. The predicted octanol–water partition coefficient (Wildman–Crippen LogP) is 3.37. The van der Waals surface area contributed by atoms with Crippen molar-refractivity contribution in [2.24, 2.45) is 5.92 Å². The smallest absolute Gasteiger partial charge is 0.262 e. The van der Waals surface area contributed by atoms with E-state index in [4.69, 9.17) is 0 Å². The third-order valence-corrected chi connectivity index (χ3v) is 6.58. The lowest BCUT2D eigenvalue weighted by atomic mass is 9.97. The number of nitrogens with zero attached hydrogens (tertiary/aromatic N) is 3. The average molecular weight is 374 g/mol. The molecule has 0 radical (unpaired) electrons. The summed E-state index contributed by atoms with van der Waals surface area (Å²) in [6, 6.07) is 0.422. The highest BCUT2D eigenvalue weighted by Crippen LogP contribution is 2.33. The molecule has 0 aliphatic heterocycles. The lowest BCUT2D eigenvalue weighted by Crippen LogP contribution is -2.37. The Labute approximate surface area is 158 Å². The molecule has 0 saturated heterocycles. The number of aryl methyl sites for hydroxylation is 3. The van der Waals surface area contributed by atoms with Crippen molar-refractivity contribution in [3.05, 3.63) is 27.1 Å². The topological polar surface area (TPSA) is 55.2 Å². The van der Waals surface area contributed by atoms with Crippen molar-refractivity contribution in [1.29, 1.82) is 0 Å². The zero-order valence-electron chi connectivity index (χ0n) is 15.7. The standard InChI is InChI=1S/C20H27N3O2S/c1-13(2)11-23(14-7-8-14)17(24)9-10-22-12-21-19-18(20(22)25)15-5-3-4-6-16(15)26-19/h12-14H,3-11H2,1-2H3. The second-order valence-electron chi connectivity index (χ2n) is 8.06. The molecule has 5 nitrogen and oxygen atoms in total. The van der Waals surface area contributed by atoms with Gasteiger partial charge in [-0.3, -0.25) is 14.2 Å². The van der Waals surface area contributed by atoms with Crippen molar-refractivity contribution in [2.75, 3.05) is 6.54 Å². The number of hydrogen-bond donors (Lipinski definition) is 0. The van der Waals surface area contributed by atoms with Gasteiger partial charge in [0.25, 0.3) is 5.56 Å². The number of aromatic nitrogens is 2. The summed E-state index contributed by atoms with van der Waals surface area (Å²) >= 11 is 1.67. The van der Waals surface area contributed by atoms with E-state index >= 15 is 0 Å². The first kappa shape index (κ1) is 17.7. The van der Waals surface area contributed by atoms with Crippen LogP contribution >= 0.6 is 11.3 Å². The molecule has 0 unspecified atom stereocenters. The lowest BCUT2D eigenvalue weighted by Gasteiger charge is -2.24. The summed E-state index contributed by atoms with van der Waals surface area (Å²) in [5, 5.41) is 0.806. The minimum absolute atomic E-state index is 0.0315. The molecule has 0 N–H and O–H groups in total. The molecule has 140 valence electrons. The van der Waals surface area contributed by atoms with Gasteiger partial charge in [0.1, 0.15) is 4.83 Å². The number of amides is 1. The van der Waals surface area contributed by atoms with E-state index < -0.39 is 0 Å². The number of hydrogen-bond acceptors (Lipinski definition) is 4. The van der Waals surface area contributed by atoms with Gasteiger partial charge < -0.3 is 4.90 Å². The van der Waals surface area contributed by atoms with Crippen LogP contribution < -0.4 is 5.56 Å². The highest BCUT2D eigenvalue weighted by molar-refractivity contribution is 7.18. The SMILES string of the molecule is CC(C)CN(C(=O)CCn1cnc2sc3c(c2c1=O)CCCC3)C1CC1. The first-order valence-corrected chi connectivity index (χ1v) is 10.7. The Bertz CT molecular complexity index is 879. The molecule has 2 aliphatic carbocycles. The second kappa shape index (κ2) is 7.14. The molecule has 2 heterocycles. The zero-order valence-corrected chi connectivity index (χ0v) is 16.5. The van der Waals surface area contributed by atoms with Crippen LogP contribution in [0.15, 0.2) is 11.1 Å². The van der Waals surface area contributed by atoms with Crippen LogP contribution in [0.3, 0.4) is 0 Å². The van der Waals surface area contributed by atoms with E-state index in [0.29, 0.717) is 24.9 Å². The molecule has 26 heavy (non-hydrogen) atoms. The van der Waals surface area contributed by atoms with Crippen LogP contribution in [0.4, 0.5) is 0 Å². The van der Waals surface area contributed by atoms with Crippen LogP contribution in [0.1, 0.15) is 56.4 Å². The maximum Gasteiger partial charge on any atom is 0.262 e. The fourth-order valence-electron chi connectivity index (χ4n) is 3.93. The summed E-state index contributed by atoms with van der Waals surface area (Å²) in [6.07, 6.45) is 8.65. The van der Waals surface area contributed by atoms with E-state index in [1.165, 1.54) is 16.9 Å². The first-order chi connectivity index (χ1) is 12.5. The first-order valence-electron chi connectivity index (χ1n) is 9.83. The Kier molecular flexibility index (Phi) is 4.86. The minimum Gasteiger partial charge on any atom is -0.339 e. The van der Waals surface area contributed by atoms with Gasteiger partial charge in [0, 0.05) is 30.4 Å². The summed E-state index contributed by atoms with van der Waals surface area (Å²) in [7, 11) is 0. The van der Waals surface area contributed by atoms with E-state index in [0.717, 1.165) is 48.9 Å². The van der Waals surface area contributed by atoms with Crippen LogP contribution in [0, 0.1) is 5.92 Å². The van der Waals surface area contributed by atoms with Crippen LogP contribution in [0.2, 0.25) is 0 Å². The van der Waals surface area contributed by atoms with Crippen molar-refractivity contribution >= 4 is 27.5 Å². The van der Waals surface area contributed by atoms with E-state index in [1.54, 1.807) is 22.2 Å². The highest BCUT2D eigenvalue weighted by atomic mass is 32.1. The van der Waals surface area contributed by atoms with Gasteiger partial charge in [0.15, 0.2) is 0 Å². The number of thiophene rings is 1. The summed E-state index contributed by atoms with van der Waals surface area (Å²) < 4.78 is 1.64. The maximum atomic E-state index is 13.0. The molecule has 0 bridgehead atoms. The molecule has 2 aliphatic rings. The zero-order chi connectivity index (χ0) is 18.3. The number of fused-ring (bicyclic) bond motifs is 3. The summed E-state index contributed by atoms with van der Waals surface area (Å²) in [5.41, 5.74) is 1.25. The van der Waals surface area contributed by atoms with E-state index in [2.05, 4.69) is 18.8 Å². The van der Waals surface area contributed by atoms with Gasteiger partial charge in [0.05, 0.1) is 11.7 Å². The molecular formula is C20H27N3O2S. The third kappa shape index (κ3) is 3.43. The van der Waals surface area contributed by atoms with Crippen LogP contribution in [0.5, 0.6) is 0 Å². The largest absolute Gasteiger partial charge is 0.339 e. The van der Waals surface area contributed by atoms with Gasteiger partial charge in [-0.15, -0.1) is 11.3 Å². The molecule has 1 amide bonds. The fourth-order valence-corrected chi connectivity index (χ4v) is 5.15. The second-order valence-corrected chi connectivity index (χ2v) is 9.14. The normalized spacial score (nSPS) is 16.9. The van der Waals surface area contributed by atoms with Crippen LogP contribution in [-0.4, -0.2) is 32.9 Å². The summed E-state index contributed by atoms with van der Waals surface area (Å²) in [4.78, 5) is 34.4. The van der Waals surface area contributed by atoms with E-state index in [9.17, 15) is 9.59 Å². The monoisotopic (exact) mass is 373 g/mol. The Balaban J connectivity index is 1.53. The molecule has 6 heteroatoms. The van der Waals surface area contributed by atoms with Crippen molar-refractivity contribution in [3.63, 3.8) is 0 Å². The van der Waals surface area contributed by atoms with Gasteiger partial charge in [-0.05, 0) is 50.0 Å². The molecule has 4 rings (SSSR count). The van der Waals surface area contributed by atoms with E-state index in [1.807, 2.05) is 4.90 Å². The van der Waals surface area contributed by atoms with Crippen LogP contribution in [0.25, 0.3) is 10.2 Å². The number of rotatable bonds is 6. The maximum absolute atomic E-state index is 13.0. The average Bonchev–Trinajstić information content (AvgIpc) is 3.38. The fraction of sp³-hybridized carbons (Fsp3) is 0.650. The molecule has 0 spiro atoms. The third-order valence-electron chi connectivity index (χ3n) is 5.38. The molecule has 0 atom stereocenters. The Morgan fingerprint density at radius 2 is 2.12 bits per heavy atom. The Morgan fingerprint density at radius 1 is 1.35 bits per heavy atom. The molecule has 2 aromatic heterocycles. The van der Waals surface area contributed by atoms with Crippen molar-refractivity contribution in [1.82, 2.24) is 14.5 Å². The van der Waals surface area contributed by atoms with E-state index in [-0.39, 0.29) is 11.5 Å². The predicted molar refractivity (Wildman–Crippen MR) is 105 cm³/mol. The van der Waals surface area contributed by atoms with Crippen molar-refractivity contribution in [2.45, 2.75) is 71.4 Å². The minimum atomic E-state index is 0.0315. The van der Waals surface area contributed by atoms with Gasteiger partial charge >= 0.3 is 0 Å². The highest BCUT2D eigenvalue weighted by Gasteiger charge is 2.32. The van der Waals surface area contributed by atoms with Crippen molar-refractivity contribution in [3.8, 4) is 0 Å².